The predicted molar refractivity (Wildman–Crippen MR) is 94.1 cm³/mol. The van der Waals surface area contributed by atoms with Gasteiger partial charge < -0.3 is 13.9 Å². The molecule has 2 aliphatic carbocycles. The zero-order valence-electron chi connectivity index (χ0n) is 15.8. The van der Waals surface area contributed by atoms with Gasteiger partial charge >= 0.3 is 11.9 Å². The third kappa shape index (κ3) is 3.40. The molecule has 0 saturated heterocycles. The van der Waals surface area contributed by atoms with Crippen molar-refractivity contribution in [1.82, 2.24) is 0 Å². The maximum absolute atomic E-state index is 12.8. The first-order valence-corrected chi connectivity index (χ1v) is 12.6. The fourth-order valence-electron chi connectivity index (χ4n) is 4.37. The molecule has 2 aliphatic rings. The molecule has 0 aromatic rings. The van der Waals surface area contributed by atoms with E-state index < -0.39 is 31.8 Å². The van der Waals surface area contributed by atoms with Gasteiger partial charge in [0.05, 0.1) is 19.3 Å². The van der Waals surface area contributed by atoms with Gasteiger partial charge in [0.15, 0.2) is 13.7 Å². The minimum Gasteiger partial charge on any atom is -0.465 e. The molecule has 138 valence electrons. The summed E-state index contributed by atoms with van der Waals surface area (Å²) in [5.41, 5.74) is -1.35. The first kappa shape index (κ1) is 19.4. The van der Waals surface area contributed by atoms with E-state index in [1.54, 1.807) is 13.8 Å². The summed E-state index contributed by atoms with van der Waals surface area (Å²) in [6, 6.07) is 0. The van der Waals surface area contributed by atoms with Crippen LogP contribution in [0.3, 0.4) is 0 Å². The van der Waals surface area contributed by atoms with Crippen molar-refractivity contribution in [3.8, 4) is 0 Å². The molecular weight excluding hydrogens is 324 g/mol. The number of rotatable bonds is 6. The summed E-state index contributed by atoms with van der Waals surface area (Å²) < 4.78 is 17.0. The van der Waals surface area contributed by atoms with Crippen LogP contribution in [0.2, 0.25) is 19.6 Å². The summed E-state index contributed by atoms with van der Waals surface area (Å²) in [5, 5.41) is 0. The third-order valence-corrected chi connectivity index (χ3v) is 6.18. The molecular formula is C18H32O5Si. The summed E-state index contributed by atoms with van der Waals surface area (Å²) in [4.78, 5) is 25.6. The van der Waals surface area contributed by atoms with Gasteiger partial charge in [-0.3, -0.25) is 9.59 Å². The SMILES string of the molecule is CCOC(=O)C1(C(=O)OCC)CC2(CCCCC2)C1O[Si](C)(C)C. The Balaban J connectivity index is 2.39. The van der Waals surface area contributed by atoms with E-state index in [-0.39, 0.29) is 18.6 Å². The zero-order valence-corrected chi connectivity index (χ0v) is 16.8. The van der Waals surface area contributed by atoms with E-state index in [9.17, 15) is 9.59 Å². The lowest BCUT2D eigenvalue weighted by atomic mass is 9.46. The molecule has 2 saturated carbocycles. The van der Waals surface area contributed by atoms with Crippen LogP contribution >= 0.6 is 0 Å². The van der Waals surface area contributed by atoms with Crippen LogP contribution in [0.25, 0.3) is 0 Å². The molecule has 24 heavy (non-hydrogen) atoms. The zero-order chi connectivity index (χ0) is 18.0. The molecule has 0 bridgehead atoms. The lowest BCUT2D eigenvalue weighted by Gasteiger charge is -2.61. The van der Waals surface area contributed by atoms with E-state index in [0.717, 1.165) is 25.7 Å². The third-order valence-electron chi connectivity index (χ3n) is 5.23. The van der Waals surface area contributed by atoms with E-state index in [4.69, 9.17) is 13.9 Å². The smallest absolute Gasteiger partial charge is 0.326 e. The molecule has 0 aliphatic heterocycles. The van der Waals surface area contributed by atoms with E-state index in [1.165, 1.54) is 6.42 Å². The molecule has 0 aromatic heterocycles. The van der Waals surface area contributed by atoms with E-state index >= 15 is 0 Å². The average molecular weight is 357 g/mol. The molecule has 2 fully saturated rings. The summed E-state index contributed by atoms with van der Waals surface area (Å²) >= 11 is 0. The van der Waals surface area contributed by atoms with Gasteiger partial charge in [-0.2, -0.15) is 0 Å². The van der Waals surface area contributed by atoms with Crippen molar-refractivity contribution in [2.24, 2.45) is 10.8 Å². The standard InChI is InChI=1S/C18H32O5Si/c1-6-21-15(19)18(16(20)22-7-2)13-17(11-9-8-10-12-17)14(18)23-24(3,4)5/h14H,6-13H2,1-5H3. The lowest BCUT2D eigenvalue weighted by molar-refractivity contribution is -0.226. The van der Waals surface area contributed by atoms with Crippen molar-refractivity contribution in [2.45, 2.75) is 78.1 Å². The first-order chi connectivity index (χ1) is 11.2. The summed E-state index contributed by atoms with van der Waals surface area (Å²) in [7, 11) is -1.94. The molecule has 0 radical (unpaired) electrons. The van der Waals surface area contributed by atoms with E-state index in [1.807, 2.05) is 0 Å². The highest BCUT2D eigenvalue weighted by Gasteiger charge is 2.73. The first-order valence-electron chi connectivity index (χ1n) is 9.24. The highest BCUT2D eigenvalue weighted by molar-refractivity contribution is 6.69. The molecule has 6 heteroatoms. The Morgan fingerprint density at radius 3 is 1.88 bits per heavy atom. The summed E-state index contributed by atoms with van der Waals surface area (Å²) in [6.07, 6.45) is 5.61. The molecule has 1 spiro atoms. The molecule has 0 heterocycles. The Kier molecular flexibility index (Phi) is 5.80. The van der Waals surface area contributed by atoms with Gasteiger partial charge in [0.1, 0.15) is 0 Å². The number of esters is 2. The van der Waals surface area contributed by atoms with Crippen LogP contribution in [0, 0.1) is 10.8 Å². The van der Waals surface area contributed by atoms with Crippen LogP contribution in [0.4, 0.5) is 0 Å². The second-order valence-corrected chi connectivity index (χ2v) is 12.6. The van der Waals surface area contributed by atoms with E-state index in [0.29, 0.717) is 6.42 Å². The fraction of sp³-hybridized carbons (Fsp3) is 0.889. The largest absolute Gasteiger partial charge is 0.465 e. The number of hydrogen-bond donors (Lipinski definition) is 0. The van der Waals surface area contributed by atoms with Gasteiger partial charge in [-0.25, -0.2) is 0 Å². The lowest BCUT2D eigenvalue weighted by Crippen LogP contribution is -2.71. The second-order valence-electron chi connectivity index (χ2n) is 8.12. The minimum absolute atomic E-state index is 0.0714. The van der Waals surface area contributed by atoms with Crippen molar-refractivity contribution in [3.63, 3.8) is 0 Å². The van der Waals surface area contributed by atoms with Crippen LogP contribution in [0.1, 0.15) is 52.4 Å². The predicted octanol–water partition coefficient (Wildman–Crippen LogP) is 3.67. The van der Waals surface area contributed by atoms with Gasteiger partial charge in [-0.05, 0) is 58.2 Å². The Labute approximate surface area is 146 Å². The maximum atomic E-state index is 12.8. The summed E-state index contributed by atoms with van der Waals surface area (Å²) in [6.45, 7) is 10.3. The molecule has 0 aromatic carbocycles. The van der Waals surface area contributed by atoms with Crippen LogP contribution in [-0.2, 0) is 23.5 Å². The van der Waals surface area contributed by atoms with Crippen molar-refractivity contribution in [3.05, 3.63) is 0 Å². The topological polar surface area (TPSA) is 61.8 Å². The molecule has 1 atom stereocenters. The van der Waals surface area contributed by atoms with Crippen molar-refractivity contribution in [2.75, 3.05) is 13.2 Å². The van der Waals surface area contributed by atoms with Crippen molar-refractivity contribution in [1.29, 1.82) is 0 Å². The van der Waals surface area contributed by atoms with Gasteiger partial charge in [0.2, 0.25) is 0 Å². The van der Waals surface area contributed by atoms with Crippen molar-refractivity contribution >= 4 is 20.3 Å². The molecule has 2 rings (SSSR count). The van der Waals surface area contributed by atoms with Gasteiger partial charge in [-0.1, -0.05) is 19.3 Å². The Hall–Kier alpha value is -0.883. The Morgan fingerprint density at radius 1 is 0.958 bits per heavy atom. The fourth-order valence-corrected chi connectivity index (χ4v) is 5.53. The quantitative estimate of drug-likeness (QED) is 0.413. The van der Waals surface area contributed by atoms with Crippen LogP contribution in [0.15, 0.2) is 0 Å². The monoisotopic (exact) mass is 356 g/mol. The van der Waals surface area contributed by atoms with E-state index in [2.05, 4.69) is 19.6 Å². The maximum Gasteiger partial charge on any atom is 0.326 e. The Bertz CT molecular complexity index is 458. The average Bonchev–Trinajstić information content (AvgIpc) is 2.51. The number of ether oxygens (including phenoxy) is 2. The normalized spacial score (nSPS) is 25.0. The summed E-state index contributed by atoms with van der Waals surface area (Å²) in [5.74, 6) is -0.939. The Morgan fingerprint density at radius 2 is 1.46 bits per heavy atom. The molecule has 0 amide bonds. The number of carbonyl (C=O) groups excluding carboxylic acids is 2. The van der Waals surface area contributed by atoms with Crippen molar-refractivity contribution < 1.29 is 23.5 Å². The van der Waals surface area contributed by atoms with Gasteiger partial charge in [-0.15, -0.1) is 0 Å². The minimum atomic E-state index is -1.94. The highest BCUT2D eigenvalue weighted by Crippen LogP contribution is 2.64. The molecule has 5 nitrogen and oxygen atoms in total. The van der Waals surface area contributed by atoms with Crippen LogP contribution in [0.5, 0.6) is 0 Å². The highest BCUT2D eigenvalue weighted by atomic mass is 28.4. The van der Waals surface area contributed by atoms with Crippen LogP contribution < -0.4 is 0 Å². The van der Waals surface area contributed by atoms with Crippen LogP contribution in [-0.4, -0.2) is 39.6 Å². The number of carbonyl (C=O) groups is 2. The number of hydrogen-bond acceptors (Lipinski definition) is 5. The van der Waals surface area contributed by atoms with Gasteiger partial charge in [0.25, 0.3) is 0 Å². The molecule has 0 N–H and O–H groups in total. The van der Waals surface area contributed by atoms with Gasteiger partial charge in [0, 0.05) is 0 Å². The molecule has 1 unspecified atom stereocenters. The second kappa shape index (κ2) is 7.16.